The largest absolute Gasteiger partial charge is 0.445 e. The van der Waals surface area contributed by atoms with Crippen molar-refractivity contribution in [3.05, 3.63) is 138 Å². The molecule has 0 bridgehead atoms. The van der Waals surface area contributed by atoms with Crippen LogP contribution in [0.5, 0.6) is 0 Å². The molecule has 11 nitrogen and oxygen atoms in total. The Morgan fingerprint density at radius 3 is 2.26 bits per heavy atom. The van der Waals surface area contributed by atoms with Gasteiger partial charge >= 0.3 is 6.09 Å². The summed E-state index contributed by atoms with van der Waals surface area (Å²) in [5, 5.41) is 10.7. The highest BCUT2D eigenvalue weighted by molar-refractivity contribution is 7.39. The number of aromatic nitrogens is 2. The summed E-state index contributed by atoms with van der Waals surface area (Å²) in [7, 11) is -2.49. The Hall–Kier alpha value is -5.25. The standard InChI is InChI=1S/C46H56N5O6P/c1-33(36-20-9-4-10-21-36)15-14-26-58(55)57-43(27-34-16-5-2-6-17-34)51-45(53)42(29-39-30-47-32-48-39)49-44(52)41(50-46(54)56-31-35-18-7-3-8-19-35)28-38-24-13-23-37-22-11-12-25-40(37)38/h3-4,7-13,18-25,30,32-34,41-43,58H,2,5-6,14-17,26-29,31H2,1H3,(H,47,48)(H,49,52)(H,50,54)(H,51,53)/t33?,41?,42-,43?/m0/s1. The lowest BCUT2D eigenvalue weighted by Crippen LogP contribution is -2.56. The van der Waals surface area contributed by atoms with E-state index in [2.05, 4.69) is 45.0 Å². The van der Waals surface area contributed by atoms with Gasteiger partial charge in [0.1, 0.15) is 24.9 Å². The summed E-state index contributed by atoms with van der Waals surface area (Å²) >= 11 is 0. The molecule has 1 fully saturated rings. The number of benzene rings is 4. The average molecular weight is 806 g/mol. The van der Waals surface area contributed by atoms with Crippen LogP contribution >= 0.6 is 8.03 Å². The smallest absolute Gasteiger partial charge is 0.408 e. The first-order valence-electron chi connectivity index (χ1n) is 20.6. The topological polar surface area (TPSA) is 152 Å². The van der Waals surface area contributed by atoms with Gasteiger partial charge in [0.2, 0.25) is 11.8 Å². The van der Waals surface area contributed by atoms with E-state index in [9.17, 15) is 18.9 Å². The summed E-state index contributed by atoms with van der Waals surface area (Å²) in [6, 6.07) is 31.1. The second-order valence-corrected chi connectivity index (χ2v) is 16.8. The molecule has 0 spiro atoms. The van der Waals surface area contributed by atoms with Crippen LogP contribution in [0.15, 0.2) is 116 Å². The first-order valence-corrected chi connectivity index (χ1v) is 22.1. The summed E-state index contributed by atoms with van der Waals surface area (Å²) in [5.74, 6) is -0.404. The summed E-state index contributed by atoms with van der Waals surface area (Å²) < 4.78 is 25.2. The first kappa shape index (κ1) is 42.4. The lowest BCUT2D eigenvalue weighted by atomic mass is 9.86. The zero-order valence-corrected chi connectivity index (χ0v) is 34.2. The minimum Gasteiger partial charge on any atom is -0.445 e. The number of H-pyrrole nitrogens is 1. The predicted octanol–water partition coefficient (Wildman–Crippen LogP) is 8.62. The normalized spacial score (nSPS) is 15.7. The Morgan fingerprint density at radius 1 is 0.810 bits per heavy atom. The molecule has 4 aromatic carbocycles. The molecule has 0 saturated heterocycles. The zero-order chi connectivity index (χ0) is 40.5. The number of carbonyl (C=O) groups is 3. The van der Waals surface area contributed by atoms with Crippen LogP contribution in [0.4, 0.5) is 4.79 Å². The quantitative estimate of drug-likeness (QED) is 0.0454. The maximum Gasteiger partial charge on any atom is 0.408 e. The van der Waals surface area contributed by atoms with Crippen molar-refractivity contribution in [3.63, 3.8) is 0 Å². The number of carbonyl (C=O) groups excluding carboxylic acids is 3. The third-order valence-corrected chi connectivity index (χ3v) is 12.3. The summed E-state index contributed by atoms with van der Waals surface area (Å²) in [6.45, 7) is 2.19. The second kappa shape index (κ2) is 22.0. The first-order chi connectivity index (χ1) is 28.3. The van der Waals surface area contributed by atoms with E-state index in [0.29, 0.717) is 30.1 Å². The van der Waals surface area contributed by atoms with Gasteiger partial charge in [-0.05, 0) is 58.6 Å². The van der Waals surface area contributed by atoms with Gasteiger partial charge in [-0.2, -0.15) is 0 Å². The van der Waals surface area contributed by atoms with Crippen LogP contribution in [0, 0.1) is 5.92 Å². The van der Waals surface area contributed by atoms with Gasteiger partial charge in [0, 0.05) is 25.2 Å². The minimum atomic E-state index is -2.49. The maximum atomic E-state index is 14.3. The molecule has 1 heterocycles. The van der Waals surface area contributed by atoms with Crippen LogP contribution in [0.2, 0.25) is 0 Å². The fraction of sp³-hybridized carbons (Fsp3) is 0.391. The molecule has 1 aliphatic carbocycles. The molecule has 12 heteroatoms. The molecule has 4 N–H and O–H groups in total. The van der Waals surface area contributed by atoms with E-state index in [1.165, 1.54) is 18.3 Å². The highest BCUT2D eigenvalue weighted by atomic mass is 31.1. The number of nitrogens with zero attached hydrogens (tertiary/aromatic N) is 1. The molecular formula is C46H56N5O6P. The number of nitrogens with one attached hydrogen (secondary N) is 4. The maximum absolute atomic E-state index is 14.3. The minimum absolute atomic E-state index is 0.0248. The van der Waals surface area contributed by atoms with Gasteiger partial charge in [0.05, 0.1) is 12.0 Å². The molecule has 58 heavy (non-hydrogen) atoms. The average Bonchev–Trinajstić information content (AvgIpc) is 3.77. The number of hydrogen-bond acceptors (Lipinski definition) is 7. The number of ether oxygens (including phenoxy) is 1. The van der Waals surface area contributed by atoms with Crippen molar-refractivity contribution in [2.45, 2.75) is 102 Å². The van der Waals surface area contributed by atoms with Crippen LogP contribution in [-0.2, 0) is 42.9 Å². The van der Waals surface area contributed by atoms with E-state index in [1.807, 2.05) is 91.0 Å². The van der Waals surface area contributed by atoms with Gasteiger partial charge in [-0.1, -0.05) is 142 Å². The molecule has 1 aromatic heterocycles. The fourth-order valence-electron chi connectivity index (χ4n) is 7.74. The van der Waals surface area contributed by atoms with E-state index in [0.717, 1.165) is 60.4 Å². The Kier molecular flexibility index (Phi) is 16.1. The van der Waals surface area contributed by atoms with Gasteiger partial charge in [0.15, 0.2) is 8.03 Å². The molecule has 6 rings (SSSR count). The van der Waals surface area contributed by atoms with Crippen molar-refractivity contribution in [1.82, 2.24) is 25.9 Å². The molecule has 5 aromatic rings. The SMILES string of the molecule is CC(CCC[PH](=O)OC(CC1CCCCC1)NC(=O)[C@H](Cc1c[nH]cn1)NC(=O)C(Cc1cccc2ccccc12)NC(=O)OCc1ccccc1)c1ccccc1. The van der Waals surface area contributed by atoms with Gasteiger partial charge in [0.25, 0.3) is 0 Å². The van der Waals surface area contributed by atoms with E-state index in [1.54, 1.807) is 6.20 Å². The van der Waals surface area contributed by atoms with Crippen molar-refractivity contribution in [3.8, 4) is 0 Å². The van der Waals surface area contributed by atoms with Gasteiger partial charge in [-0.3, -0.25) is 14.2 Å². The third kappa shape index (κ3) is 13.1. The lowest BCUT2D eigenvalue weighted by Gasteiger charge is -2.29. The molecule has 1 saturated carbocycles. The van der Waals surface area contributed by atoms with Crippen molar-refractivity contribution in [2.24, 2.45) is 5.92 Å². The molecule has 4 unspecified atom stereocenters. The third-order valence-electron chi connectivity index (χ3n) is 11.0. The molecule has 1 aliphatic rings. The lowest BCUT2D eigenvalue weighted by molar-refractivity contribution is -0.131. The number of amides is 3. The van der Waals surface area contributed by atoms with E-state index >= 15 is 0 Å². The van der Waals surface area contributed by atoms with Crippen molar-refractivity contribution < 1.29 is 28.2 Å². The predicted molar refractivity (Wildman–Crippen MR) is 228 cm³/mol. The number of hydrogen-bond donors (Lipinski definition) is 4. The van der Waals surface area contributed by atoms with Gasteiger partial charge < -0.3 is 30.2 Å². The highest BCUT2D eigenvalue weighted by Gasteiger charge is 2.31. The van der Waals surface area contributed by atoms with E-state index in [-0.39, 0.29) is 19.4 Å². The fourth-order valence-corrected chi connectivity index (χ4v) is 8.82. The molecule has 0 aliphatic heterocycles. The zero-order valence-electron chi connectivity index (χ0n) is 33.2. The summed E-state index contributed by atoms with van der Waals surface area (Å²) in [5.41, 5.74) is 3.46. The number of rotatable bonds is 20. The van der Waals surface area contributed by atoms with Crippen molar-refractivity contribution in [2.75, 3.05) is 6.16 Å². The summed E-state index contributed by atoms with van der Waals surface area (Å²) in [4.78, 5) is 49.1. The molecule has 0 radical (unpaired) electrons. The van der Waals surface area contributed by atoms with Crippen molar-refractivity contribution >= 4 is 36.7 Å². The van der Waals surface area contributed by atoms with Crippen LogP contribution in [0.3, 0.4) is 0 Å². The van der Waals surface area contributed by atoms with Gasteiger partial charge in [-0.25, -0.2) is 9.78 Å². The van der Waals surface area contributed by atoms with Crippen molar-refractivity contribution in [1.29, 1.82) is 0 Å². The van der Waals surface area contributed by atoms with Crippen LogP contribution in [-0.4, -0.2) is 52.3 Å². The highest BCUT2D eigenvalue weighted by Crippen LogP contribution is 2.33. The second-order valence-electron chi connectivity index (χ2n) is 15.4. The Bertz CT molecular complexity index is 2050. The molecule has 3 amide bonds. The number of alkyl carbamates (subject to hydrolysis) is 1. The van der Waals surface area contributed by atoms with Crippen LogP contribution in [0.25, 0.3) is 10.8 Å². The number of fused-ring (bicyclic) bond motifs is 1. The van der Waals surface area contributed by atoms with Crippen LogP contribution < -0.4 is 16.0 Å². The number of aromatic amines is 1. The Balaban J connectivity index is 1.17. The summed E-state index contributed by atoms with van der Waals surface area (Å²) in [6.07, 6.45) is 9.81. The van der Waals surface area contributed by atoms with E-state index < -0.39 is 44.2 Å². The number of imidazole rings is 1. The van der Waals surface area contributed by atoms with Crippen LogP contribution in [0.1, 0.15) is 86.6 Å². The monoisotopic (exact) mass is 805 g/mol. The Labute approximate surface area is 342 Å². The van der Waals surface area contributed by atoms with Gasteiger partial charge in [-0.15, -0.1) is 0 Å². The Morgan fingerprint density at radius 2 is 1.50 bits per heavy atom. The molecule has 5 atom stereocenters. The molecular weight excluding hydrogens is 750 g/mol. The van der Waals surface area contributed by atoms with E-state index in [4.69, 9.17) is 9.26 Å². The molecule has 306 valence electrons.